The zero-order chi connectivity index (χ0) is 23.4. The van der Waals surface area contributed by atoms with Crippen molar-refractivity contribution in [3.63, 3.8) is 0 Å². The molecule has 0 amide bonds. The number of ether oxygens (including phenoxy) is 2. The Labute approximate surface area is 204 Å². The summed E-state index contributed by atoms with van der Waals surface area (Å²) in [6, 6.07) is 5.22. The van der Waals surface area contributed by atoms with Crippen LogP contribution < -0.4 is 0 Å². The third-order valence-electron chi connectivity index (χ3n) is 5.44. The highest BCUT2D eigenvalue weighted by molar-refractivity contribution is 6.35. The first-order valence-electron chi connectivity index (χ1n) is 12.3. The molecule has 0 aliphatic rings. The van der Waals surface area contributed by atoms with E-state index < -0.39 is 5.97 Å². The summed E-state index contributed by atoms with van der Waals surface area (Å²) in [4.78, 5) is 23.5. The van der Waals surface area contributed by atoms with Crippen LogP contribution in [0.3, 0.4) is 0 Å². The topological polar surface area (TPSA) is 52.6 Å². The largest absolute Gasteiger partial charge is 0.466 e. The Hall–Kier alpha value is -1.26. The van der Waals surface area contributed by atoms with Crippen LogP contribution in [0.2, 0.25) is 10.0 Å². The number of halogens is 2. The average molecular weight is 488 g/mol. The van der Waals surface area contributed by atoms with Crippen LogP contribution in [0.15, 0.2) is 18.2 Å². The molecule has 0 atom stereocenters. The fourth-order valence-electron chi connectivity index (χ4n) is 3.48. The first-order chi connectivity index (χ1) is 15.5. The van der Waals surface area contributed by atoms with E-state index in [4.69, 9.17) is 32.7 Å². The molecule has 6 heteroatoms. The minimum atomic E-state index is -0.405. The maximum absolute atomic E-state index is 11.8. The van der Waals surface area contributed by atoms with Gasteiger partial charge < -0.3 is 9.47 Å². The third-order valence-corrected chi connectivity index (χ3v) is 6.03. The fourth-order valence-corrected chi connectivity index (χ4v) is 3.98. The first-order valence-corrected chi connectivity index (χ1v) is 13.0. The van der Waals surface area contributed by atoms with E-state index in [1.165, 1.54) is 64.2 Å². The number of hydrogen-bond acceptors (Lipinski definition) is 4. The van der Waals surface area contributed by atoms with Crippen LogP contribution in [0.25, 0.3) is 0 Å². The van der Waals surface area contributed by atoms with Crippen molar-refractivity contribution in [2.75, 3.05) is 13.2 Å². The van der Waals surface area contributed by atoms with Crippen LogP contribution in [0, 0.1) is 0 Å². The summed E-state index contributed by atoms with van der Waals surface area (Å²) in [6.45, 7) is 2.90. The predicted molar refractivity (Wildman–Crippen MR) is 132 cm³/mol. The molecule has 0 aliphatic heterocycles. The van der Waals surface area contributed by atoms with E-state index in [1.807, 2.05) is 6.07 Å². The molecule has 0 saturated heterocycles. The lowest BCUT2D eigenvalue weighted by atomic mass is 10.1. The second-order valence-corrected chi connectivity index (χ2v) is 9.16. The number of rotatable bonds is 19. The number of unbranched alkanes of at least 4 members (excludes halogenated alkanes) is 11. The molecule has 0 aromatic heterocycles. The Bertz CT molecular complexity index is 649. The van der Waals surface area contributed by atoms with Crippen molar-refractivity contribution in [3.8, 4) is 0 Å². The summed E-state index contributed by atoms with van der Waals surface area (Å²) >= 11 is 11.9. The fraction of sp³-hybridized carbons (Fsp3) is 0.692. The van der Waals surface area contributed by atoms with E-state index >= 15 is 0 Å². The van der Waals surface area contributed by atoms with E-state index in [-0.39, 0.29) is 25.4 Å². The van der Waals surface area contributed by atoms with Crippen LogP contribution in [0.4, 0.5) is 0 Å². The summed E-state index contributed by atoms with van der Waals surface area (Å²) in [7, 11) is 0. The first kappa shape index (κ1) is 28.8. The van der Waals surface area contributed by atoms with Crippen molar-refractivity contribution in [3.05, 3.63) is 33.8 Å². The lowest BCUT2D eigenvalue weighted by molar-refractivity contribution is -0.150. The van der Waals surface area contributed by atoms with Crippen molar-refractivity contribution < 1.29 is 19.1 Å². The van der Waals surface area contributed by atoms with Crippen LogP contribution in [-0.2, 0) is 25.5 Å². The third kappa shape index (κ3) is 15.5. The maximum Gasteiger partial charge on any atom is 0.306 e. The molecule has 32 heavy (non-hydrogen) atoms. The number of esters is 2. The summed E-state index contributed by atoms with van der Waals surface area (Å²) in [6.07, 6.45) is 15.8. The molecule has 0 N–H and O–H groups in total. The molecule has 1 aromatic rings. The van der Waals surface area contributed by atoms with Gasteiger partial charge in [-0.1, -0.05) is 107 Å². The minimum Gasteiger partial charge on any atom is -0.466 e. The normalized spacial score (nSPS) is 10.8. The second kappa shape index (κ2) is 19.2. The Morgan fingerprint density at radius 1 is 0.719 bits per heavy atom. The molecule has 4 nitrogen and oxygen atoms in total. The van der Waals surface area contributed by atoms with E-state index in [2.05, 4.69) is 6.92 Å². The maximum atomic E-state index is 11.8. The van der Waals surface area contributed by atoms with Gasteiger partial charge in [0, 0.05) is 16.5 Å². The lowest BCUT2D eigenvalue weighted by Crippen LogP contribution is -2.12. The monoisotopic (exact) mass is 486 g/mol. The highest BCUT2D eigenvalue weighted by Gasteiger charge is 2.10. The number of benzene rings is 1. The average Bonchev–Trinajstić information content (AvgIpc) is 2.77. The molecule has 0 unspecified atom stereocenters. The van der Waals surface area contributed by atoms with Gasteiger partial charge in [0.25, 0.3) is 0 Å². The van der Waals surface area contributed by atoms with Gasteiger partial charge in [-0.15, -0.1) is 0 Å². The molecule has 0 saturated carbocycles. The summed E-state index contributed by atoms with van der Waals surface area (Å²) in [5.74, 6) is -0.747. The molecule has 0 heterocycles. The van der Waals surface area contributed by atoms with Crippen LogP contribution in [-0.4, -0.2) is 25.2 Å². The van der Waals surface area contributed by atoms with Crippen LogP contribution >= 0.6 is 23.2 Å². The van der Waals surface area contributed by atoms with Crippen LogP contribution in [0.1, 0.15) is 102 Å². The molecule has 1 aromatic carbocycles. The molecular weight excluding hydrogens is 447 g/mol. The molecular formula is C26H40Cl2O4. The molecule has 0 spiro atoms. The standard InChI is InChI=1S/C26H40Cl2O4/c1-2-3-4-5-6-7-8-9-10-11-12-13-19-31-25(29)16-17-26(30)32-20-18-22-14-15-23(27)21-24(22)28/h14-15,21H,2-13,16-20H2,1H3. The second-order valence-electron chi connectivity index (χ2n) is 8.32. The van der Waals surface area contributed by atoms with Gasteiger partial charge in [0.05, 0.1) is 26.1 Å². The van der Waals surface area contributed by atoms with Gasteiger partial charge in [-0.3, -0.25) is 9.59 Å². The zero-order valence-corrected chi connectivity index (χ0v) is 21.2. The highest BCUT2D eigenvalue weighted by Crippen LogP contribution is 2.21. The predicted octanol–water partition coefficient (Wildman–Crippen LogP) is 8.10. The summed E-state index contributed by atoms with van der Waals surface area (Å²) in [5.41, 5.74) is 0.866. The molecule has 0 fully saturated rings. The zero-order valence-electron chi connectivity index (χ0n) is 19.6. The Kier molecular flexibility index (Phi) is 17.3. The van der Waals surface area contributed by atoms with Gasteiger partial charge in [0.15, 0.2) is 0 Å². The van der Waals surface area contributed by atoms with E-state index in [9.17, 15) is 9.59 Å². The van der Waals surface area contributed by atoms with Gasteiger partial charge in [-0.25, -0.2) is 0 Å². The number of hydrogen-bond donors (Lipinski definition) is 0. The summed E-state index contributed by atoms with van der Waals surface area (Å²) < 4.78 is 10.4. The Morgan fingerprint density at radius 3 is 1.75 bits per heavy atom. The smallest absolute Gasteiger partial charge is 0.306 e. The quantitative estimate of drug-likeness (QED) is 0.146. The molecule has 182 valence electrons. The van der Waals surface area contributed by atoms with Crippen molar-refractivity contribution in [1.29, 1.82) is 0 Å². The SMILES string of the molecule is CCCCCCCCCCCCCCOC(=O)CCC(=O)OCCc1ccc(Cl)cc1Cl. The number of carbonyl (C=O) groups is 2. The van der Waals surface area contributed by atoms with Crippen molar-refractivity contribution in [2.24, 2.45) is 0 Å². The van der Waals surface area contributed by atoms with E-state index in [1.54, 1.807) is 12.1 Å². The van der Waals surface area contributed by atoms with E-state index in [0.29, 0.717) is 23.1 Å². The highest BCUT2D eigenvalue weighted by atomic mass is 35.5. The molecule has 0 aliphatic carbocycles. The Morgan fingerprint density at radius 2 is 1.22 bits per heavy atom. The summed E-state index contributed by atoms with van der Waals surface area (Å²) in [5, 5.41) is 1.12. The molecule has 0 bridgehead atoms. The van der Waals surface area contributed by atoms with Gasteiger partial charge in [0.2, 0.25) is 0 Å². The molecule has 1 rings (SSSR count). The van der Waals surface area contributed by atoms with Crippen molar-refractivity contribution in [2.45, 2.75) is 103 Å². The van der Waals surface area contributed by atoms with Crippen LogP contribution in [0.5, 0.6) is 0 Å². The van der Waals surface area contributed by atoms with Gasteiger partial charge in [-0.2, -0.15) is 0 Å². The van der Waals surface area contributed by atoms with Crippen molar-refractivity contribution >= 4 is 35.1 Å². The minimum absolute atomic E-state index is 0.0334. The van der Waals surface area contributed by atoms with Gasteiger partial charge >= 0.3 is 11.9 Å². The van der Waals surface area contributed by atoms with Gasteiger partial charge in [-0.05, 0) is 24.1 Å². The molecule has 0 radical (unpaired) electrons. The van der Waals surface area contributed by atoms with Gasteiger partial charge in [0.1, 0.15) is 0 Å². The Balaban J connectivity index is 1.91. The number of carbonyl (C=O) groups excluding carboxylic acids is 2. The van der Waals surface area contributed by atoms with E-state index in [0.717, 1.165) is 18.4 Å². The van der Waals surface area contributed by atoms with Crippen molar-refractivity contribution in [1.82, 2.24) is 0 Å². The lowest BCUT2D eigenvalue weighted by Gasteiger charge is -2.07.